The number of hydrogen-bond acceptors (Lipinski definition) is 9. The molecule has 0 fully saturated rings. The van der Waals surface area contributed by atoms with Gasteiger partial charge in [0.05, 0.1) is 19.2 Å². The summed E-state index contributed by atoms with van der Waals surface area (Å²) in [5, 5.41) is 28.7. The number of phenolic OH excluding ortho intramolecular Hbond substituents is 1. The van der Waals surface area contributed by atoms with Gasteiger partial charge in [0.1, 0.15) is 23.9 Å². The lowest BCUT2D eigenvalue weighted by molar-refractivity contribution is -0.133. The summed E-state index contributed by atoms with van der Waals surface area (Å²) in [5.74, 6) is -4.09. The van der Waals surface area contributed by atoms with Crippen LogP contribution in [0.4, 0.5) is 0 Å². The van der Waals surface area contributed by atoms with Gasteiger partial charge in [-0.3, -0.25) is 29.0 Å². The molecule has 42 heavy (non-hydrogen) atoms. The molecule has 0 heterocycles. The van der Waals surface area contributed by atoms with E-state index in [1.54, 1.807) is 19.1 Å². The van der Waals surface area contributed by atoms with Crippen LogP contribution in [-0.4, -0.2) is 89.6 Å². The summed E-state index contributed by atoms with van der Waals surface area (Å²) in [6.45, 7) is 2.40. The standard InChI is InChI=1S/C26H43N9O7/c1-3-14(2)21(35-23(40)17(27)11-15-6-8-16(37)9-7-15)25(42)32-12-20(38)33-19(13-36)24(41)34-18(22(28)39)5-4-10-31-26(29)30/h6-9,14,17-19,21,36-37H,3-5,10-13,27H2,1-2H3,(H2,28,39)(H,32,42)(H,33,38)(H,34,41)(H,35,40)(H4,29,30,31)/t14-,17+,18+,19+,21-/m0/s1. The molecule has 0 aliphatic rings. The van der Waals surface area contributed by atoms with Crippen molar-refractivity contribution in [2.24, 2.45) is 33.8 Å². The third kappa shape index (κ3) is 12.8. The molecule has 0 radical (unpaired) electrons. The van der Waals surface area contributed by atoms with E-state index >= 15 is 0 Å². The van der Waals surface area contributed by atoms with Gasteiger partial charge in [-0.2, -0.15) is 0 Å². The maximum atomic E-state index is 12.9. The predicted octanol–water partition coefficient (Wildman–Crippen LogP) is -3.59. The third-order valence-electron chi connectivity index (χ3n) is 6.38. The lowest BCUT2D eigenvalue weighted by Crippen LogP contribution is -2.57. The zero-order valence-corrected chi connectivity index (χ0v) is 23.8. The minimum absolute atomic E-state index is 0.0751. The number of amides is 5. The van der Waals surface area contributed by atoms with Gasteiger partial charge in [-0.05, 0) is 42.9 Å². The van der Waals surface area contributed by atoms with Gasteiger partial charge in [0.25, 0.3) is 0 Å². The fraction of sp³-hybridized carbons (Fsp3) is 0.538. The summed E-state index contributed by atoms with van der Waals surface area (Å²) in [7, 11) is 0. The molecular formula is C26H43N9O7. The van der Waals surface area contributed by atoms with Crippen LogP contribution in [0, 0.1) is 5.92 Å². The number of aliphatic hydroxyl groups is 1. The van der Waals surface area contributed by atoms with Gasteiger partial charge in [-0.1, -0.05) is 32.4 Å². The molecule has 0 aliphatic carbocycles. The number of nitrogens with zero attached hydrogens (tertiary/aromatic N) is 1. The molecule has 234 valence electrons. The van der Waals surface area contributed by atoms with E-state index in [0.717, 1.165) is 0 Å². The summed E-state index contributed by atoms with van der Waals surface area (Å²) in [5.41, 5.74) is 22.5. The molecule has 1 aromatic carbocycles. The number of benzene rings is 1. The Balaban J connectivity index is 2.70. The number of nitrogens with two attached hydrogens (primary N) is 4. The van der Waals surface area contributed by atoms with Crippen LogP contribution in [0.2, 0.25) is 0 Å². The molecule has 0 bridgehead atoms. The number of aliphatic hydroxyl groups excluding tert-OH is 1. The molecule has 5 amide bonds. The Morgan fingerprint density at radius 3 is 2.12 bits per heavy atom. The number of carbonyl (C=O) groups excluding carboxylic acids is 5. The van der Waals surface area contributed by atoms with Gasteiger partial charge in [0.2, 0.25) is 29.5 Å². The number of aliphatic imine (C=N–C) groups is 1. The van der Waals surface area contributed by atoms with E-state index in [1.165, 1.54) is 12.1 Å². The third-order valence-corrected chi connectivity index (χ3v) is 6.38. The Morgan fingerprint density at radius 1 is 0.929 bits per heavy atom. The maximum absolute atomic E-state index is 12.9. The van der Waals surface area contributed by atoms with Crippen LogP contribution >= 0.6 is 0 Å². The van der Waals surface area contributed by atoms with Gasteiger partial charge in [0, 0.05) is 6.54 Å². The Bertz CT molecular complexity index is 1090. The summed E-state index contributed by atoms with van der Waals surface area (Å²) in [6.07, 6.45) is 1.13. The second-order valence-electron chi connectivity index (χ2n) is 9.78. The minimum Gasteiger partial charge on any atom is -0.508 e. The SMILES string of the molecule is CC[C@H](C)[C@H](NC(=O)[C@H](N)Cc1ccc(O)cc1)C(=O)NCC(=O)N[C@H](CO)C(=O)N[C@H](CCCN=C(N)N)C(N)=O. The average molecular weight is 594 g/mol. The van der Waals surface area contributed by atoms with Crippen LogP contribution in [0.5, 0.6) is 5.75 Å². The molecule has 5 atom stereocenters. The Hall–Kier alpha value is -4.44. The average Bonchev–Trinajstić information content (AvgIpc) is 2.94. The van der Waals surface area contributed by atoms with Gasteiger partial charge < -0.3 is 54.4 Å². The lowest BCUT2D eigenvalue weighted by atomic mass is 9.97. The van der Waals surface area contributed by atoms with Gasteiger partial charge in [-0.15, -0.1) is 0 Å². The molecule has 14 N–H and O–H groups in total. The first-order valence-electron chi connectivity index (χ1n) is 13.5. The van der Waals surface area contributed by atoms with Crippen molar-refractivity contribution >= 4 is 35.5 Å². The molecule has 0 unspecified atom stereocenters. The highest BCUT2D eigenvalue weighted by atomic mass is 16.3. The van der Waals surface area contributed by atoms with E-state index < -0.39 is 66.9 Å². The second-order valence-corrected chi connectivity index (χ2v) is 9.78. The highest BCUT2D eigenvalue weighted by molar-refractivity contribution is 5.94. The Kier molecular flexibility index (Phi) is 15.3. The van der Waals surface area contributed by atoms with E-state index in [2.05, 4.69) is 26.3 Å². The van der Waals surface area contributed by atoms with Gasteiger partial charge in [0.15, 0.2) is 5.96 Å². The topological polar surface area (TPSA) is 290 Å². The summed E-state index contributed by atoms with van der Waals surface area (Å²) >= 11 is 0. The monoisotopic (exact) mass is 593 g/mol. The van der Waals surface area contributed by atoms with Crippen LogP contribution in [0.3, 0.4) is 0 Å². The number of rotatable bonds is 18. The second kappa shape index (κ2) is 18.1. The van der Waals surface area contributed by atoms with Crippen molar-refractivity contribution in [3.63, 3.8) is 0 Å². The van der Waals surface area contributed by atoms with Crippen molar-refractivity contribution < 1.29 is 34.2 Å². The summed E-state index contributed by atoms with van der Waals surface area (Å²) in [4.78, 5) is 66.1. The van der Waals surface area contributed by atoms with Crippen molar-refractivity contribution in [2.75, 3.05) is 19.7 Å². The number of guanidine groups is 1. The van der Waals surface area contributed by atoms with Crippen LogP contribution in [0.15, 0.2) is 29.3 Å². The van der Waals surface area contributed by atoms with E-state index in [9.17, 15) is 34.2 Å². The Labute approximate surface area is 244 Å². The molecule has 1 aromatic rings. The molecule has 0 aliphatic heterocycles. The predicted molar refractivity (Wildman–Crippen MR) is 154 cm³/mol. The molecule has 16 nitrogen and oxygen atoms in total. The van der Waals surface area contributed by atoms with Crippen molar-refractivity contribution in [2.45, 2.75) is 63.7 Å². The maximum Gasteiger partial charge on any atom is 0.245 e. The lowest BCUT2D eigenvalue weighted by Gasteiger charge is -2.25. The summed E-state index contributed by atoms with van der Waals surface area (Å²) < 4.78 is 0. The highest BCUT2D eigenvalue weighted by Gasteiger charge is 2.29. The molecule has 0 saturated carbocycles. The fourth-order valence-electron chi connectivity index (χ4n) is 3.72. The van der Waals surface area contributed by atoms with Crippen molar-refractivity contribution in [3.8, 4) is 5.75 Å². The zero-order chi connectivity index (χ0) is 31.8. The molecular weight excluding hydrogens is 550 g/mol. The first kappa shape index (κ1) is 35.6. The van der Waals surface area contributed by atoms with E-state index in [4.69, 9.17) is 22.9 Å². The van der Waals surface area contributed by atoms with Crippen molar-refractivity contribution in [3.05, 3.63) is 29.8 Å². The van der Waals surface area contributed by atoms with Crippen molar-refractivity contribution in [1.29, 1.82) is 0 Å². The largest absolute Gasteiger partial charge is 0.508 e. The molecule has 1 rings (SSSR count). The number of nitrogens with one attached hydrogen (secondary N) is 4. The molecule has 0 spiro atoms. The normalized spacial score (nSPS) is 14.3. The van der Waals surface area contributed by atoms with E-state index in [1.807, 2.05) is 6.92 Å². The number of phenols is 1. The van der Waals surface area contributed by atoms with E-state index in [0.29, 0.717) is 18.4 Å². The van der Waals surface area contributed by atoms with Crippen molar-refractivity contribution in [1.82, 2.24) is 21.3 Å². The number of primary amides is 1. The molecule has 0 saturated heterocycles. The Morgan fingerprint density at radius 2 is 1.57 bits per heavy atom. The van der Waals surface area contributed by atoms with Crippen LogP contribution in [0.1, 0.15) is 38.7 Å². The minimum atomic E-state index is -1.43. The summed E-state index contributed by atoms with van der Waals surface area (Å²) in [6, 6.07) is 1.68. The smallest absolute Gasteiger partial charge is 0.245 e. The quantitative estimate of drug-likeness (QED) is 0.0453. The first-order valence-corrected chi connectivity index (χ1v) is 13.5. The van der Waals surface area contributed by atoms with Crippen LogP contribution in [0.25, 0.3) is 0 Å². The number of aromatic hydroxyl groups is 1. The van der Waals surface area contributed by atoms with Gasteiger partial charge in [-0.25, -0.2) is 0 Å². The number of carbonyl (C=O) groups is 5. The van der Waals surface area contributed by atoms with E-state index in [-0.39, 0.29) is 37.0 Å². The first-order chi connectivity index (χ1) is 19.8. The fourth-order valence-corrected chi connectivity index (χ4v) is 3.72. The molecule has 16 heteroatoms. The number of hydrogen-bond donors (Lipinski definition) is 10. The van der Waals surface area contributed by atoms with Crippen LogP contribution < -0.4 is 44.2 Å². The van der Waals surface area contributed by atoms with Gasteiger partial charge >= 0.3 is 0 Å². The van der Waals surface area contributed by atoms with Crippen LogP contribution in [-0.2, 0) is 30.4 Å². The zero-order valence-electron chi connectivity index (χ0n) is 23.8. The molecule has 0 aromatic heterocycles. The highest BCUT2D eigenvalue weighted by Crippen LogP contribution is 2.12.